The van der Waals surface area contributed by atoms with Gasteiger partial charge < -0.3 is 15.8 Å². The molecule has 1 saturated heterocycles. The summed E-state index contributed by atoms with van der Waals surface area (Å²) in [5, 5.41) is 2.55. The molecular formula is C6H10N2O3. The predicted molar refractivity (Wildman–Crippen MR) is 36.6 cm³/mol. The van der Waals surface area contributed by atoms with Crippen LogP contribution in [-0.2, 0) is 14.3 Å². The average Bonchev–Trinajstić information content (AvgIpc) is 2.35. The largest absolute Gasteiger partial charge is 0.463 e. The van der Waals surface area contributed by atoms with E-state index in [0.29, 0.717) is 0 Å². The predicted octanol–water partition coefficient (Wildman–Crippen LogP) is -1.62. The molecule has 1 amide bonds. The van der Waals surface area contributed by atoms with Crippen LogP contribution in [0, 0.1) is 0 Å². The molecule has 0 spiro atoms. The molecule has 1 aliphatic rings. The Morgan fingerprint density at radius 3 is 3.00 bits per heavy atom. The van der Waals surface area contributed by atoms with Gasteiger partial charge in [-0.2, -0.15) is 0 Å². The third kappa shape index (κ3) is 2.19. The summed E-state index contributed by atoms with van der Waals surface area (Å²) in [5.41, 5.74) is 5.05. The summed E-state index contributed by atoms with van der Waals surface area (Å²) in [4.78, 5) is 21.2. The van der Waals surface area contributed by atoms with Crippen molar-refractivity contribution in [2.45, 2.75) is 12.5 Å². The summed E-state index contributed by atoms with van der Waals surface area (Å²) in [5.74, 6) is -0.527. The fraction of sp³-hybridized carbons (Fsp3) is 0.667. The molecule has 1 atom stereocenters. The molecule has 0 aliphatic carbocycles. The number of nitrogens with two attached hydrogens (primary N) is 1. The number of nitrogens with one attached hydrogen (secondary N) is 1. The van der Waals surface area contributed by atoms with Crippen LogP contribution in [0.3, 0.4) is 0 Å². The highest BCUT2D eigenvalue weighted by molar-refractivity contribution is 5.80. The fourth-order valence-electron chi connectivity index (χ4n) is 0.892. The molecule has 1 aliphatic heterocycles. The Kier molecular flexibility index (Phi) is 2.43. The minimum atomic E-state index is -0.271. The van der Waals surface area contributed by atoms with Crippen LogP contribution in [0.4, 0.5) is 0 Å². The van der Waals surface area contributed by atoms with Crippen LogP contribution in [0.5, 0.6) is 0 Å². The summed E-state index contributed by atoms with van der Waals surface area (Å²) < 4.78 is 4.62. The van der Waals surface area contributed by atoms with Crippen LogP contribution < -0.4 is 11.1 Å². The Bertz CT molecular complexity index is 181. The fourth-order valence-corrected chi connectivity index (χ4v) is 0.892. The Morgan fingerprint density at radius 2 is 2.55 bits per heavy atom. The molecule has 5 nitrogen and oxygen atoms in total. The normalized spacial score (nSPS) is 23.0. The van der Waals surface area contributed by atoms with E-state index < -0.39 is 0 Å². The van der Waals surface area contributed by atoms with Gasteiger partial charge in [0, 0.05) is 0 Å². The second-order valence-electron chi connectivity index (χ2n) is 2.36. The molecule has 1 heterocycles. The number of esters is 1. The van der Waals surface area contributed by atoms with Gasteiger partial charge >= 0.3 is 5.97 Å². The highest BCUT2D eigenvalue weighted by Crippen LogP contribution is 2.04. The number of hydrogen-bond donors (Lipinski definition) is 2. The van der Waals surface area contributed by atoms with E-state index in [0.717, 1.165) is 0 Å². The molecule has 1 rings (SSSR count). The molecule has 0 aromatic carbocycles. The zero-order chi connectivity index (χ0) is 8.27. The van der Waals surface area contributed by atoms with Gasteiger partial charge in [-0.05, 0) is 0 Å². The van der Waals surface area contributed by atoms with Gasteiger partial charge in [0.25, 0.3) is 0 Å². The smallest absolute Gasteiger partial charge is 0.308 e. The Morgan fingerprint density at radius 1 is 1.82 bits per heavy atom. The Hall–Kier alpha value is -1.10. The van der Waals surface area contributed by atoms with E-state index in [1.54, 1.807) is 0 Å². The van der Waals surface area contributed by atoms with E-state index in [2.05, 4.69) is 10.1 Å². The average molecular weight is 158 g/mol. The standard InChI is InChI=1S/C6H10N2O3/c7-2-5(9)8-4-1-6(10)11-3-4/h4H,1-3,7H2,(H,8,9)/t4-/m0/s1. The van der Waals surface area contributed by atoms with Crippen molar-refractivity contribution in [2.75, 3.05) is 13.2 Å². The molecule has 0 saturated carbocycles. The third-order valence-corrected chi connectivity index (χ3v) is 1.41. The van der Waals surface area contributed by atoms with Crippen molar-refractivity contribution in [3.63, 3.8) is 0 Å². The van der Waals surface area contributed by atoms with E-state index >= 15 is 0 Å². The molecule has 62 valence electrons. The maximum Gasteiger partial charge on any atom is 0.308 e. The molecule has 5 heteroatoms. The highest BCUT2D eigenvalue weighted by Gasteiger charge is 2.24. The van der Waals surface area contributed by atoms with Crippen molar-refractivity contribution in [3.8, 4) is 0 Å². The van der Waals surface area contributed by atoms with Crippen LogP contribution in [0.25, 0.3) is 0 Å². The van der Waals surface area contributed by atoms with Crippen molar-refractivity contribution in [2.24, 2.45) is 5.73 Å². The van der Waals surface area contributed by atoms with Gasteiger partial charge in [-0.25, -0.2) is 0 Å². The lowest BCUT2D eigenvalue weighted by atomic mass is 10.2. The summed E-state index contributed by atoms with van der Waals surface area (Å²) >= 11 is 0. The Balaban J connectivity index is 2.28. The van der Waals surface area contributed by atoms with Crippen LogP contribution in [0.2, 0.25) is 0 Å². The van der Waals surface area contributed by atoms with Crippen LogP contribution in [0.1, 0.15) is 6.42 Å². The maximum atomic E-state index is 10.7. The lowest BCUT2D eigenvalue weighted by molar-refractivity contribution is -0.138. The topological polar surface area (TPSA) is 81.4 Å². The van der Waals surface area contributed by atoms with E-state index in [-0.39, 0.29) is 37.5 Å². The maximum absolute atomic E-state index is 10.7. The molecule has 1 fully saturated rings. The van der Waals surface area contributed by atoms with Crippen LogP contribution >= 0.6 is 0 Å². The first-order valence-electron chi connectivity index (χ1n) is 3.37. The van der Waals surface area contributed by atoms with Gasteiger partial charge in [0.05, 0.1) is 19.0 Å². The lowest BCUT2D eigenvalue weighted by Gasteiger charge is -2.06. The molecular weight excluding hydrogens is 148 g/mol. The molecule has 3 N–H and O–H groups in total. The van der Waals surface area contributed by atoms with E-state index in [1.807, 2.05) is 0 Å². The molecule has 0 unspecified atom stereocenters. The second kappa shape index (κ2) is 3.34. The monoisotopic (exact) mass is 158 g/mol. The Labute approximate surface area is 63.9 Å². The first-order valence-corrected chi connectivity index (χ1v) is 3.37. The zero-order valence-electron chi connectivity index (χ0n) is 6.00. The second-order valence-corrected chi connectivity index (χ2v) is 2.36. The molecule has 0 bridgehead atoms. The SMILES string of the molecule is NCC(=O)N[C@@H]1COC(=O)C1. The van der Waals surface area contributed by atoms with E-state index in [1.165, 1.54) is 0 Å². The number of ether oxygens (including phenoxy) is 1. The van der Waals surface area contributed by atoms with Gasteiger partial charge in [0.1, 0.15) is 6.61 Å². The van der Waals surface area contributed by atoms with Crippen molar-refractivity contribution in [3.05, 3.63) is 0 Å². The summed E-state index contributed by atoms with van der Waals surface area (Å²) in [7, 11) is 0. The number of amides is 1. The van der Waals surface area contributed by atoms with Gasteiger partial charge in [-0.15, -0.1) is 0 Å². The number of rotatable bonds is 2. The van der Waals surface area contributed by atoms with E-state index in [9.17, 15) is 9.59 Å². The van der Waals surface area contributed by atoms with Crippen LogP contribution in [0.15, 0.2) is 0 Å². The summed E-state index contributed by atoms with van der Waals surface area (Å²) in [6.45, 7) is 0.218. The first kappa shape index (κ1) is 8.00. The quantitative estimate of drug-likeness (QED) is 0.473. The van der Waals surface area contributed by atoms with Gasteiger partial charge in [0.2, 0.25) is 5.91 Å². The molecule has 0 aromatic rings. The number of carbonyl (C=O) groups excluding carboxylic acids is 2. The van der Waals surface area contributed by atoms with E-state index in [4.69, 9.17) is 5.73 Å². The van der Waals surface area contributed by atoms with Gasteiger partial charge in [0.15, 0.2) is 0 Å². The van der Waals surface area contributed by atoms with Crippen molar-refractivity contribution in [1.29, 1.82) is 0 Å². The first-order chi connectivity index (χ1) is 5.22. The number of hydrogen-bond acceptors (Lipinski definition) is 4. The minimum absolute atomic E-state index is 0.0509. The highest BCUT2D eigenvalue weighted by atomic mass is 16.5. The van der Waals surface area contributed by atoms with Crippen LogP contribution in [-0.4, -0.2) is 31.1 Å². The summed E-state index contributed by atoms with van der Waals surface area (Å²) in [6, 6.07) is -0.182. The summed E-state index contributed by atoms with van der Waals surface area (Å²) in [6.07, 6.45) is 0.256. The van der Waals surface area contributed by atoms with Crippen molar-refractivity contribution in [1.82, 2.24) is 5.32 Å². The molecule has 0 aromatic heterocycles. The number of carbonyl (C=O) groups is 2. The molecule has 11 heavy (non-hydrogen) atoms. The third-order valence-electron chi connectivity index (χ3n) is 1.41. The molecule has 0 radical (unpaired) electrons. The van der Waals surface area contributed by atoms with Gasteiger partial charge in [-0.1, -0.05) is 0 Å². The number of cyclic esters (lactones) is 1. The lowest BCUT2D eigenvalue weighted by Crippen LogP contribution is -2.38. The van der Waals surface area contributed by atoms with Gasteiger partial charge in [-0.3, -0.25) is 9.59 Å². The van der Waals surface area contributed by atoms with Crippen molar-refractivity contribution < 1.29 is 14.3 Å². The minimum Gasteiger partial charge on any atom is -0.463 e. The zero-order valence-corrected chi connectivity index (χ0v) is 6.00. The van der Waals surface area contributed by atoms with Crippen molar-refractivity contribution >= 4 is 11.9 Å².